The molecule has 1 saturated heterocycles. The Labute approximate surface area is 137 Å². The maximum Gasteiger partial charge on any atom is 0.330 e. The molecule has 1 aromatic rings. The van der Waals surface area contributed by atoms with Gasteiger partial charge in [0.15, 0.2) is 0 Å². The number of esters is 1. The number of nitrogens with one attached hydrogen (secondary N) is 1. The number of hydrogen-bond acceptors (Lipinski definition) is 4. The summed E-state index contributed by atoms with van der Waals surface area (Å²) < 4.78 is 31.4. The summed E-state index contributed by atoms with van der Waals surface area (Å²) in [6.07, 6.45) is -0.125. The minimum Gasteiger partial charge on any atom is -0.467 e. The van der Waals surface area contributed by atoms with E-state index in [-0.39, 0.29) is 18.7 Å². The second-order valence-corrected chi connectivity index (χ2v) is 6.11. The van der Waals surface area contributed by atoms with Crippen LogP contribution in [0.4, 0.5) is 14.5 Å². The van der Waals surface area contributed by atoms with E-state index in [1.807, 2.05) is 0 Å². The molecule has 130 valence electrons. The highest BCUT2D eigenvalue weighted by Gasteiger charge is 2.39. The van der Waals surface area contributed by atoms with Crippen LogP contribution in [0.25, 0.3) is 0 Å². The lowest BCUT2D eigenvalue weighted by molar-refractivity contribution is -0.149. The molecular weight excluding hydrogens is 322 g/mol. The van der Waals surface area contributed by atoms with Crippen LogP contribution in [-0.4, -0.2) is 37.0 Å². The topological polar surface area (TPSA) is 75.7 Å². The smallest absolute Gasteiger partial charge is 0.330 e. The molecule has 0 bridgehead atoms. The molecule has 0 aliphatic carbocycles. The number of ether oxygens (including phenoxy) is 1. The second-order valence-electron chi connectivity index (χ2n) is 6.11. The first-order chi connectivity index (χ1) is 11.2. The molecule has 1 N–H and O–H groups in total. The van der Waals surface area contributed by atoms with Gasteiger partial charge in [-0.05, 0) is 26.0 Å². The molecule has 0 saturated carbocycles. The Morgan fingerprint density at radius 3 is 2.58 bits per heavy atom. The number of benzene rings is 1. The summed E-state index contributed by atoms with van der Waals surface area (Å²) in [5.41, 5.74) is -1.33. The van der Waals surface area contributed by atoms with E-state index in [2.05, 4.69) is 10.1 Å². The van der Waals surface area contributed by atoms with E-state index in [0.29, 0.717) is 6.07 Å². The molecule has 0 spiro atoms. The van der Waals surface area contributed by atoms with Crippen LogP contribution in [0.15, 0.2) is 18.2 Å². The first-order valence-corrected chi connectivity index (χ1v) is 7.31. The molecular formula is C16H18F2N2O4. The van der Waals surface area contributed by atoms with Crippen molar-refractivity contribution in [3.8, 4) is 0 Å². The van der Waals surface area contributed by atoms with Crippen LogP contribution in [0.5, 0.6) is 0 Å². The second kappa shape index (κ2) is 6.54. The van der Waals surface area contributed by atoms with Crippen LogP contribution in [-0.2, 0) is 19.1 Å². The van der Waals surface area contributed by atoms with Gasteiger partial charge in [0, 0.05) is 19.0 Å². The summed E-state index contributed by atoms with van der Waals surface area (Å²) >= 11 is 0. The van der Waals surface area contributed by atoms with Crippen LogP contribution in [0.2, 0.25) is 0 Å². The third-order valence-electron chi connectivity index (χ3n) is 3.83. The number of nitrogens with zero attached hydrogens (tertiary/aromatic N) is 1. The molecule has 1 aliphatic heterocycles. The molecule has 1 fully saturated rings. The summed E-state index contributed by atoms with van der Waals surface area (Å²) in [5.74, 6) is -3.95. The first-order valence-electron chi connectivity index (χ1n) is 7.31. The van der Waals surface area contributed by atoms with Crippen molar-refractivity contribution in [2.24, 2.45) is 5.92 Å². The molecule has 1 aliphatic rings. The zero-order chi connectivity index (χ0) is 18.1. The molecule has 2 amide bonds. The SMILES string of the molecule is COC(=O)C(C)(C)NC(=O)[C@@H]1CC(=O)N(c2ccc(F)cc2F)C1. The summed E-state index contributed by atoms with van der Waals surface area (Å²) in [4.78, 5) is 37.1. The molecule has 1 atom stereocenters. The fraction of sp³-hybridized carbons (Fsp3) is 0.438. The van der Waals surface area contributed by atoms with Gasteiger partial charge in [-0.1, -0.05) is 0 Å². The Morgan fingerprint density at radius 2 is 2.00 bits per heavy atom. The average molecular weight is 340 g/mol. The minimum absolute atomic E-state index is 0.0511. The predicted octanol–water partition coefficient (Wildman–Crippen LogP) is 1.39. The summed E-state index contributed by atoms with van der Waals surface area (Å²) in [6, 6.07) is 2.87. The molecule has 1 heterocycles. The van der Waals surface area contributed by atoms with Crippen LogP contribution in [0, 0.1) is 17.6 Å². The Bertz CT molecular complexity index is 691. The monoisotopic (exact) mass is 340 g/mol. The number of carbonyl (C=O) groups excluding carboxylic acids is 3. The summed E-state index contributed by atoms with van der Waals surface area (Å²) in [7, 11) is 1.20. The zero-order valence-electron chi connectivity index (χ0n) is 13.6. The van der Waals surface area contributed by atoms with Crippen molar-refractivity contribution in [1.29, 1.82) is 0 Å². The van der Waals surface area contributed by atoms with Crippen molar-refractivity contribution in [3.05, 3.63) is 29.8 Å². The number of methoxy groups -OCH3 is 1. The maximum atomic E-state index is 13.8. The van der Waals surface area contributed by atoms with Gasteiger partial charge in [-0.25, -0.2) is 13.6 Å². The van der Waals surface area contributed by atoms with Crippen molar-refractivity contribution < 1.29 is 27.9 Å². The van der Waals surface area contributed by atoms with Crippen molar-refractivity contribution in [2.75, 3.05) is 18.6 Å². The number of amides is 2. The number of rotatable bonds is 4. The van der Waals surface area contributed by atoms with Gasteiger partial charge in [0.05, 0.1) is 18.7 Å². The lowest BCUT2D eigenvalue weighted by Crippen LogP contribution is -2.52. The minimum atomic E-state index is -1.25. The number of carbonyl (C=O) groups is 3. The Morgan fingerprint density at radius 1 is 1.33 bits per heavy atom. The number of anilines is 1. The van der Waals surface area contributed by atoms with Gasteiger partial charge in [0.25, 0.3) is 0 Å². The fourth-order valence-corrected chi connectivity index (χ4v) is 2.53. The van der Waals surface area contributed by atoms with Crippen molar-refractivity contribution in [2.45, 2.75) is 25.8 Å². The zero-order valence-corrected chi connectivity index (χ0v) is 13.6. The van der Waals surface area contributed by atoms with E-state index in [1.54, 1.807) is 0 Å². The molecule has 2 rings (SSSR count). The highest BCUT2D eigenvalue weighted by Crippen LogP contribution is 2.28. The number of halogens is 2. The van der Waals surface area contributed by atoms with Gasteiger partial charge in [0.2, 0.25) is 11.8 Å². The largest absolute Gasteiger partial charge is 0.467 e. The Kier molecular flexibility index (Phi) is 4.86. The highest BCUT2D eigenvalue weighted by atomic mass is 19.1. The molecule has 1 aromatic carbocycles. The van der Waals surface area contributed by atoms with Gasteiger partial charge in [-0.2, -0.15) is 0 Å². The van der Waals surface area contributed by atoms with E-state index in [9.17, 15) is 23.2 Å². The van der Waals surface area contributed by atoms with Crippen LogP contribution in [0.1, 0.15) is 20.3 Å². The maximum absolute atomic E-state index is 13.8. The van der Waals surface area contributed by atoms with E-state index in [1.165, 1.54) is 21.0 Å². The summed E-state index contributed by atoms with van der Waals surface area (Å²) in [5, 5.41) is 2.52. The number of hydrogen-bond donors (Lipinski definition) is 1. The molecule has 0 radical (unpaired) electrons. The molecule has 6 nitrogen and oxygen atoms in total. The van der Waals surface area contributed by atoms with Crippen molar-refractivity contribution in [1.82, 2.24) is 5.32 Å². The lowest BCUT2D eigenvalue weighted by atomic mass is 10.0. The van der Waals surface area contributed by atoms with E-state index in [4.69, 9.17) is 0 Å². The van der Waals surface area contributed by atoms with Gasteiger partial charge in [0.1, 0.15) is 17.2 Å². The van der Waals surface area contributed by atoms with E-state index >= 15 is 0 Å². The van der Waals surface area contributed by atoms with Gasteiger partial charge >= 0.3 is 5.97 Å². The molecule has 0 aromatic heterocycles. The Balaban J connectivity index is 2.12. The van der Waals surface area contributed by atoms with Crippen LogP contribution in [0.3, 0.4) is 0 Å². The molecule has 8 heteroatoms. The van der Waals surface area contributed by atoms with E-state index < -0.39 is 40.9 Å². The predicted molar refractivity (Wildman–Crippen MR) is 81.1 cm³/mol. The molecule has 0 unspecified atom stereocenters. The van der Waals surface area contributed by atoms with Crippen molar-refractivity contribution in [3.63, 3.8) is 0 Å². The quantitative estimate of drug-likeness (QED) is 0.841. The standard InChI is InChI=1S/C16H18F2N2O4/c1-16(2,15(23)24-3)19-14(22)9-6-13(21)20(8-9)12-5-4-10(17)7-11(12)18/h4-5,7,9H,6,8H2,1-3H3,(H,19,22)/t9-/m1/s1. The van der Waals surface area contributed by atoms with Gasteiger partial charge < -0.3 is 15.0 Å². The normalized spacial score (nSPS) is 17.8. The van der Waals surface area contributed by atoms with E-state index in [0.717, 1.165) is 17.0 Å². The third-order valence-corrected chi connectivity index (χ3v) is 3.83. The molecule has 24 heavy (non-hydrogen) atoms. The van der Waals surface area contributed by atoms with Crippen LogP contribution >= 0.6 is 0 Å². The fourth-order valence-electron chi connectivity index (χ4n) is 2.53. The van der Waals surface area contributed by atoms with Gasteiger partial charge in [-0.3, -0.25) is 9.59 Å². The lowest BCUT2D eigenvalue weighted by Gasteiger charge is -2.25. The van der Waals surface area contributed by atoms with Gasteiger partial charge in [-0.15, -0.1) is 0 Å². The first kappa shape index (κ1) is 17.8. The Hall–Kier alpha value is -2.51. The van der Waals surface area contributed by atoms with Crippen LogP contribution < -0.4 is 10.2 Å². The highest BCUT2D eigenvalue weighted by molar-refractivity contribution is 6.01. The average Bonchev–Trinajstić information content (AvgIpc) is 2.88. The summed E-state index contributed by atoms with van der Waals surface area (Å²) in [6.45, 7) is 2.90. The van der Waals surface area contributed by atoms with Crippen molar-refractivity contribution >= 4 is 23.5 Å². The third kappa shape index (κ3) is 3.52.